The highest BCUT2D eigenvalue weighted by Gasteiger charge is 2.16. The summed E-state index contributed by atoms with van der Waals surface area (Å²) in [5.74, 6) is -1.31. The maximum Gasteiger partial charge on any atom is 0.240 e. The van der Waals surface area contributed by atoms with Crippen molar-refractivity contribution in [3.05, 3.63) is 59.9 Å². The second kappa shape index (κ2) is 8.75. The molecule has 3 amide bonds. The van der Waals surface area contributed by atoms with E-state index in [1.54, 1.807) is 42.5 Å². The fourth-order valence-electron chi connectivity index (χ4n) is 2.35. The smallest absolute Gasteiger partial charge is 0.240 e. The third-order valence-electron chi connectivity index (χ3n) is 3.62. The van der Waals surface area contributed by atoms with Crippen molar-refractivity contribution >= 4 is 29.1 Å². The molecule has 0 aliphatic heterocycles. The lowest BCUT2D eigenvalue weighted by atomic mass is 10.2. The second-order valence-electron chi connectivity index (χ2n) is 5.70. The van der Waals surface area contributed by atoms with Gasteiger partial charge in [-0.3, -0.25) is 14.4 Å². The van der Waals surface area contributed by atoms with Gasteiger partial charge in [0.25, 0.3) is 0 Å². The predicted molar refractivity (Wildman–Crippen MR) is 97.0 cm³/mol. The Morgan fingerprint density at radius 1 is 1.00 bits per heavy atom. The molecule has 136 valence electrons. The molecule has 0 fully saturated rings. The number of carbonyl (C=O) groups excluding carboxylic acids is 3. The highest BCUT2D eigenvalue weighted by Crippen LogP contribution is 2.18. The van der Waals surface area contributed by atoms with Gasteiger partial charge in [0.2, 0.25) is 17.7 Å². The van der Waals surface area contributed by atoms with E-state index in [1.807, 2.05) is 0 Å². The molecule has 0 radical (unpaired) electrons. The fourth-order valence-corrected chi connectivity index (χ4v) is 2.35. The molecule has 26 heavy (non-hydrogen) atoms. The number of benzene rings is 2. The number of anilines is 2. The molecule has 0 aliphatic carbocycles. The van der Waals surface area contributed by atoms with Crippen molar-refractivity contribution in [3.63, 3.8) is 0 Å². The molecule has 6 nitrogen and oxygen atoms in total. The highest BCUT2D eigenvalue weighted by atomic mass is 19.1. The number of halogens is 1. The maximum absolute atomic E-state index is 13.6. The summed E-state index contributed by atoms with van der Waals surface area (Å²) >= 11 is 0. The normalized spacial score (nSPS) is 10.1. The summed E-state index contributed by atoms with van der Waals surface area (Å²) in [5.41, 5.74) is 1.48. The maximum atomic E-state index is 13.6. The van der Waals surface area contributed by atoms with Crippen LogP contribution in [0.25, 0.3) is 0 Å². The number of carbonyl (C=O) groups is 3. The van der Waals surface area contributed by atoms with E-state index in [0.29, 0.717) is 16.9 Å². The molecular weight excluding hydrogens is 337 g/mol. The fraction of sp³-hybridized carbons (Fsp3) is 0.211. The zero-order valence-corrected chi connectivity index (χ0v) is 14.6. The quantitative estimate of drug-likeness (QED) is 0.834. The van der Waals surface area contributed by atoms with Crippen LogP contribution in [-0.4, -0.2) is 24.3 Å². The van der Waals surface area contributed by atoms with Crippen molar-refractivity contribution in [3.8, 4) is 0 Å². The molecule has 0 unspecified atom stereocenters. The van der Waals surface area contributed by atoms with Crippen LogP contribution in [0.3, 0.4) is 0 Å². The number of nitrogens with zero attached hydrogens (tertiary/aromatic N) is 1. The largest absolute Gasteiger partial charge is 0.350 e. The first-order valence-corrected chi connectivity index (χ1v) is 8.02. The summed E-state index contributed by atoms with van der Waals surface area (Å²) in [7, 11) is 0. The van der Waals surface area contributed by atoms with Gasteiger partial charge in [-0.2, -0.15) is 0 Å². The third-order valence-corrected chi connectivity index (χ3v) is 3.62. The molecule has 0 spiro atoms. The summed E-state index contributed by atoms with van der Waals surface area (Å²) in [6, 6.07) is 12.7. The summed E-state index contributed by atoms with van der Waals surface area (Å²) < 4.78 is 13.6. The number of rotatable bonds is 6. The Labute approximate surface area is 151 Å². The third kappa shape index (κ3) is 5.41. The van der Waals surface area contributed by atoms with Gasteiger partial charge in [0, 0.05) is 37.3 Å². The minimum Gasteiger partial charge on any atom is -0.350 e. The van der Waals surface area contributed by atoms with Crippen LogP contribution in [0.1, 0.15) is 19.4 Å². The molecule has 0 aliphatic rings. The van der Waals surface area contributed by atoms with Crippen molar-refractivity contribution in [1.29, 1.82) is 0 Å². The van der Waals surface area contributed by atoms with Gasteiger partial charge < -0.3 is 15.5 Å². The van der Waals surface area contributed by atoms with Crippen LogP contribution < -0.4 is 15.5 Å². The molecule has 0 bridgehead atoms. The Morgan fingerprint density at radius 2 is 1.65 bits per heavy atom. The SMILES string of the molecule is CC(=O)Nc1ccc(N(CC(=O)NCc2ccccc2F)C(C)=O)cc1. The molecule has 0 heterocycles. The molecule has 0 saturated heterocycles. The topological polar surface area (TPSA) is 78.5 Å². The van der Waals surface area contributed by atoms with Crippen LogP contribution in [0.5, 0.6) is 0 Å². The zero-order valence-electron chi connectivity index (χ0n) is 14.6. The van der Waals surface area contributed by atoms with Crippen LogP contribution in [0, 0.1) is 5.82 Å². The molecule has 2 rings (SSSR count). The average Bonchev–Trinajstić information content (AvgIpc) is 2.59. The van der Waals surface area contributed by atoms with E-state index in [9.17, 15) is 18.8 Å². The number of nitrogens with one attached hydrogen (secondary N) is 2. The molecule has 0 aromatic heterocycles. The summed E-state index contributed by atoms with van der Waals surface area (Å²) in [6.07, 6.45) is 0. The molecular formula is C19H20FN3O3. The van der Waals surface area contributed by atoms with Crippen molar-refractivity contribution < 1.29 is 18.8 Å². The van der Waals surface area contributed by atoms with Gasteiger partial charge >= 0.3 is 0 Å². The van der Waals surface area contributed by atoms with Crippen molar-refractivity contribution in [2.75, 3.05) is 16.8 Å². The van der Waals surface area contributed by atoms with E-state index in [0.717, 1.165) is 0 Å². The van der Waals surface area contributed by atoms with Gasteiger partial charge in [-0.05, 0) is 30.3 Å². The minimum atomic E-state index is -0.408. The van der Waals surface area contributed by atoms with E-state index in [2.05, 4.69) is 10.6 Å². The van der Waals surface area contributed by atoms with Crippen LogP contribution in [-0.2, 0) is 20.9 Å². The standard InChI is InChI=1S/C19H20FN3O3/c1-13(24)22-16-7-9-17(10-8-16)23(14(2)25)12-19(26)21-11-15-5-3-4-6-18(15)20/h3-10H,11-12H2,1-2H3,(H,21,26)(H,22,24). The lowest BCUT2D eigenvalue weighted by Crippen LogP contribution is -2.39. The molecule has 0 atom stereocenters. The van der Waals surface area contributed by atoms with Gasteiger partial charge in [0.05, 0.1) is 0 Å². The summed E-state index contributed by atoms with van der Waals surface area (Å²) in [4.78, 5) is 36.4. The Balaban J connectivity index is 2.01. The molecule has 0 saturated carbocycles. The van der Waals surface area contributed by atoms with Gasteiger partial charge in [0.15, 0.2) is 0 Å². The minimum absolute atomic E-state index is 0.0404. The molecule has 2 aromatic carbocycles. The van der Waals surface area contributed by atoms with E-state index >= 15 is 0 Å². The van der Waals surface area contributed by atoms with E-state index in [-0.39, 0.29) is 24.9 Å². The van der Waals surface area contributed by atoms with Crippen molar-refractivity contribution in [2.45, 2.75) is 20.4 Å². The number of amides is 3. The van der Waals surface area contributed by atoms with Gasteiger partial charge in [0.1, 0.15) is 12.4 Å². The predicted octanol–water partition coefficient (Wildman–Crippen LogP) is 2.45. The second-order valence-corrected chi connectivity index (χ2v) is 5.70. The Morgan fingerprint density at radius 3 is 2.23 bits per heavy atom. The number of hydrogen-bond acceptors (Lipinski definition) is 3. The number of hydrogen-bond donors (Lipinski definition) is 2. The summed E-state index contributed by atoms with van der Waals surface area (Å²) in [6.45, 7) is 2.60. The average molecular weight is 357 g/mol. The zero-order chi connectivity index (χ0) is 19.1. The lowest BCUT2D eigenvalue weighted by Gasteiger charge is -2.21. The van der Waals surface area contributed by atoms with Gasteiger partial charge in [-0.25, -0.2) is 4.39 Å². The van der Waals surface area contributed by atoms with Crippen LogP contribution in [0.2, 0.25) is 0 Å². The first kappa shape index (κ1) is 19.1. The lowest BCUT2D eigenvalue weighted by molar-refractivity contribution is -0.123. The Bertz CT molecular complexity index is 806. The van der Waals surface area contributed by atoms with Gasteiger partial charge in [-0.15, -0.1) is 0 Å². The molecule has 7 heteroatoms. The van der Waals surface area contributed by atoms with Crippen LogP contribution in [0.4, 0.5) is 15.8 Å². The van der Waals surface area contributed by atoms with E-state index in [4.69, 9.17) is 0 Å². The van der Waals surface area contributed by atoms with E-state index < -0.39 is 11.7 Å². The van der Waals surface area contributed by atoms with Gasteiger partial charge in [-0.1, -0.05) is 18.2 Å². The Hall–Kier alpha value is -3.22. The van der Waals surface area contributed by atoms with Crippen LogP contribution in [0.15, 0.2) is 48.5 Å². The van der Waals surface area contributed by atoms with E-state index in [1.165, 1.54) is 24.8 Å². The monoisotopic (exact) mass is 357 g/mol. The summed E-state index contributed by atoms with van der Waals surface area (Å²) in [5, 5.41) is 5.23. The van der Waals surface area contributed by atoms with Crippen LogP contribution >= 0.6 is 0 Å². The Kier molecular flexibility index (Phi) is 6.43. The first-order valence-electron chi connectivity index (χ1n) is 8.02. The molecule has 2 N–H and O–H groups in total. The highest BCUT2D eigenvalue weighted by molar-refractivity contribution is 5.97. The van der Waals surface area contributed by atoms with Crippen molar-refractivity contribution in [1.82, 2.24) is 5.32 Å². The molecule has 2 aromatic rings. The van der Waals surface area contributed by atoms with Crippen molar-refractivity contribution in [2.24, 2.45) is 0 Å². The first-order chi connectivity index (χ1) is 12.4.